The number of rotatable bonds is 4. The van der Waals surface area contributed by atoms with Crippen LogP contribution in [0.3, 0.4) is 0 Å². The van der Waals surface area contributed by atoms with Crippen molar-refractivity contribution in [3.05, 3.63) is 50.6 Å². The Labute approximate surface area is 145 Å². The van der Waals surface area contributed by atoms with Crippen LogP contribution in [0.5, 0.6) is 0 Å². The van der Waals surface area contributed by atoms with Gasteiger partial charge in [0.15, 0.2) is 0 Å². The molecule has 3 aromatic rings. The predicted molar refractivity (Wildman–Crippen MR) is 100 cm³/mol. The first-order valence-electron chi connectivity index (χ1n) is 8.06. The molecule has 0 saturated heterocycles. The summed E-state index contributed by atoms with van der Waals surface area (Å²) in [5.41, 5.74) is 3.29. The van der Waals surface area contributed by atoms with Crippen molar-refractivity contribution in [2.45, 2.75) is 41.2 Å². The second-order valence-corrected chi connectivity index (χ2v) is 7.39. The van der Waals surface area contributed by atoms with Gasteiger partial charge in [0, 0.05) is 23.5 Å². The molecule has 0 spiro atoms. The van der Waals surface area contributed by atoms with E-state index in [1.165, 1.54) is 27.4 Å². The lowest BCUT2D eigenvalue weighted by molar-refractivity contribution is 0.509. The lowest BCUT2D eigenvalue weighted by Gasteiger charge is -2.11. The lowest BCUT2D eigenvalue weighted by Crippen LogP contribution is -2.19. The molecule has 0 aliphatic heterocycles. The summed E-state index contributed by atoms with van der Waals surface area (Å²) in [5, 5.41) is 6.91. The first-order chi connectivity index (χ1) is 11.4. The number of aryl methyl sites for hydroxylation is 2. The Kier molecular flexibility index (Phi) is 4.41. The molecule has 0 saturated carbocycles. The fourth-order valence-corrected chi connectivity index (χ4v) is 3.67. The maximum Gasteiger partial charge on any atom is 0.282 e. The SMILES string of the molecule is Cc1cc(/C=N\n2c(C)nc3sccc3c2=O)c(C)n1CC(C)C. The molecule has 6 heteroatoms. The molecular formula is C18H22N4OS. The van der Waals surface area contributed by atoms with Crippen LogP contribution in [0.25, 0.3) is 10.2 Å². The van der Waals surface area contributed by atoms with E-state index in [4.69, 9.17) is 0 Å². The van der Waals surface area contributed by atoms with Crippen LogP contribution < -0.4 is 5.56 Å². The van der Waals surface area contributed by atoms with Crippen LogP contribution >= 0.6 is 11.3 Å². The highest BCUT2D eigenvalue weighted by Crippen LogP contribution is 2.17. The van der Waals surface area contributed by atoms with Gasteiger partial charge in [0.05, 0.1) is 11.6 Å². The van der Waals surface area contributed by atoms with Crippen molar-refractivity contribution in [3.63, 3.8) is 0 Å². The van der Waals surface area contributed by atoms with Crippen LogP contribution in [0.4, 0.5) is 0 Å². The molecule has 3 aromatic heterocycles. The Morgan fingerprint density at radius 3 is 2.79 bits per heavy atom. The molecule has 0 radical (unpaired) electrons. The third-order valence-corrected chi connectivity index (χ3v) is 4.92. The van der Waals surface area contributed by atoms with E-state index in [1.54, 1.807) is 19.2 Å². The second kappa shape index (κ2) is 6.36. The normalized spacial score (nSPS) is 12.1. The van der Waals surface area contributed by atoms with Crippen LogP contribution in [0.15, 0.2) is 27.4 Å². The molecular weight excluding hydrogens is 320 g/mol. The van der Waals surface area contributed by atoms with E-state index >= 15 is 0 Å². The van der Waals surface area contributed by atoms with Gasteiger partial charge in [-0.05, 0) is 44.2 Å². The molecule has 0 N–H and O–H groups in total. The fourth-order valence-electron chi connectivity index (χ4n) is 2.87. The molecule has 0 aliphatic carbocycles. The van der Waals surface area contributed by atoms with Crippen LogP contribution in [0, 0.1) is 26.7 Å². The average Bonchev–Trinajstić information content (AvgIpc) is 3.07. The first kappa shape index (κ1) is 16.6. The Morgan fingerprint density at radius 2 is 2.08 bits per heavy atom. The molecule has 0 atom stereocenters. The van der Waals surface area contributed by atoms with Gasteiger partial charge in [-0.2, -0.15) is 9.78 Å². The maximum absolute atomic E-state index is 12.5. The Morgan fingerprint density at radius 1 is 1.33 bits per heavy atom. The molecule has 3 rings (SSSR count). The Hall–Kier alpha value is -2.21. The van der Waals surface area contributed by atoms with Crippen LogP contribution in [-0.2, 0) is 6.54 Å². The zero-order valence-electron chi connectivity index (χ0n) is 14.7. The molecule has 0 amide bonds. The minimum Gasteiger partial charge on any atom is -0.348 e. The molecule has 0 unspecified atom stereocenters. The van der Waals surface area contributed by atoms with E-state index in [1.807, 2.05) is 5.38 Å². The van der Waals surface area contributed by atoms with Crippen molar-refractivity contribution in [1.29, 1.82) is 0 Å². The van der Waals surface area contributed by atoms with Crippen molar-refractivity contribution in [1.82, 2.24) is 14.2 Å². The third-order valence-electron chi connectivity index (χ3n) is 4.11. The standard InChI is InChI=1S/C18H22N4OS/c1-11(2)10-21-12(3)8-15(13(21)4)9-19-22-14(5)20-17-16(18(22)23)6-7-24-17/h6-9,11H,10H2,1-5H3/b19-9-. The van der Waals surface area contributed by atoms with Gasteiger partial charge in [-0.1, -0.05) is 13.8 Å². The van der Waals surface area contributed by atoms with E-state index in [0.717, 1.165) is 16.9 Å². The van der Waals surface area contributed by atoms with E-state index in [2.05, 4.69) is 48.4 Å². The minimum absolute atomic E-state index is 0.119. The van der Waals surface area contributed by atoms with Gasteiger partial charge in [-0.3, -0.25) is 4.79 Å². The Balaban J connectivity index is 2.02. The summed E-state index contributed by atoms with van der Waals surface area (Å²) in [4.78, 5) is 17.8. The number of hydrogen-bond acceptors (Lipinski definition) is 4. The summed E-state index contributed by atoms with van der Waals surface area (Å²) in [7, 11) is 0. The molecule has 0 aromatic carbocycles. The number of nitrogens with zero attached hydrogens (tertiary/aromatic N) is 4. The summed E-state index contributed by atoms with van der Waals surface area (Å²) in [6.45, 7) is 11.4. The van der Waals surface area contributed by atoms with Crippen LogP contribution in [-0.4, -0.2) is 20.4 Å². The summed E-state index contributed by atoms with van der Waals surface area (Å²) in [5.74, 6) is 1.18. The molecule has 3 heterocycles. The van der Waals surface area contributed by atoms with Crippen molar-refractivity contribution >= 4 is 27.8 Å². The van der Waals surface area contributed by atoms with Crippen LogP contribution in [0.2, 0.25) is 0 Å². The topological polar surface area (TPSA) is 52.2 Å². The first-order valence-corrected chi connectivity index (χ1v) is 8.94. The quantitative estimate of drug-likeness (QED) is 0.679. The zero-order chi connectivity index (χ0) is 17.4. The van der Waals surface area contributed by atoms with Gasteiger partial charge >= 0.3 is 0 Å². The summed E-state index contributed by atoms with van der Waals surface area (Å²) < 4.78 is 3.67. The summed E-state index contributed by atoms with van der Waals surface area (Å²) >= 11 is 1.47. The van der Waals surface area contributed by atoms with Gasteiger partial charge in [0.1, 0.15) is 10.7 Å². The number of hydrogen-bond donors (Lipinski definition) is 0. The summed E-state index contributed by atoms with van der Waals surface area (Å²) in [6.07, 6.45) is 1.76. The Bertz CT molecular complexity index is 975. The average molecular weight is 342 g/mol. The van der Waals surface area contributed by atoms with Crippen molar-refractivity contribution in [2.24, 2.45) is 11.0 Å². The molecule has 24 heavy (non-hydrogen) atoms. The van der Waals surface area contributed by atoms with Gasteiger partial charge in [-0.25, -0.2) is 4.98 Å². The van der Waals surface area contributed by atoms with E-state index in [0.29, 0.717) is 17.1 Å². The highest BCUT2D eigenvalue weighted by Gasteiger charge is 2.10. The zero-order valence-corrected chi connectivity index (χ0v) is 15.5. The van der Waals surface area contributed by atoms with Gasteiger partial charge < -0.3 is 4.57 Å². The van der Waals surface area contributed by atoms with Crippen molar-refractivity contribution < 1.29 is 0 Å². The summed E-state index contributed by atoms with van der Waals surface area (Å²) in [6, 6.07) is 3.91. The largest absolute Gasteiger partial charge is 0.348 e. The maximum atomic E-state index is 12.5. The van der Waals surface area contributed by atoms with Gasteiger partial charge in [0.25, 0.3) is 5.56 Å². The van der Waals surface area contributed by atoms with Crippen LogP contribution in [0.1, 0.15) is 36.6 Å². The highest BCUT2D eigenvalue weighted by molar-refractivity contribution is 7.16. The van der Waals surface area contributed by atoms with E-state index in [-0.39, 0.29) is 5.56 Å². The predicted octanol–water partition coefficient (Wildman–Crippen LogP) is 3.72. The number of fused-ring (bicyclic) bond motifs is 1. The molecule has 5 nitrogen and oxygen atoms in total. The molecule has 0 bridgehead atoms. The second-order valence-electron chi connectivity index (χ2n) is 6.49. The van der Waals surface area contributed by atoms with Crippen molar-refractivity contribution in [3.8, 4) is 0 Å². The van der Waals surface area contributed by atoms with E-state index < -0.39 is 0 Å². The number of aromatic nitrogens is 3. The van der Waals surface area contributed by atoms with Gasteiger partial charge in [-0.15, -0.1) is 11.3 Å². The molecule has 0 fully saturated rings. The molecule has 0 aliphatic rings. The molecule has 126 valence electrons. The van der Waals surface area contributed by atoms with E-state index in [9.17, 15) is 4.79 Å². The lowest BCUT2D eigenvalue weighted by atomic mass is 10.2. The van der Waals surface area contributed by atoms with Gasteiger partial charge in [0.2, 0.25) is 0 Å². The number of thiophene rings is 1. The minimum atomic E-state index is -0.119. The fraction of sp³-hybridized carbons (Fsp3) is 0.389. The third kappa shape index (κ3) is 2.94. The monoisotopic (exact) mass is 342 g/mol. The van der Waals surface area contributed by atoms with Crippen molar-refractivity contribution in [2.75, 3.05) is 0 Å². The highest BCUT2D eigenvalue weighted by atomic mass is 32.1. The smallest absolute Gasteiger partial charge is 0.282 e.